The molecule has 0 aliphatic carbocycles. The third kappa shape index (κ3) is 4.88. The third-order valence-corrected chi connectivity index (χ3v) is 6.05. The fourth-order valence-corrected chi connectivity index (χ4v) is 4.15. The van der Waals surface area contributed by atoms with Gasteiger partial charge >= 0.3 is 0 Å². The van der Waals surface area contributed by atoms with E-state index in [1.807, 2.05) is 96.5 Å². The van der Waals surface area contributed by atoms with E-state index >= 15 is 0 Å². The fourth-order valence-electron chi connectivity index (χ4n) is 4.02. The SMILES string of the molecule is Cc1nn(-c2ccccc2)c2ncc(C(=O)NCc3ccccc3)c(NCc3ccc(Cl)cc3)c12. The van der Waals surface area contributed by atoms with E-state index in [2.05, 4.69) is 15.6 Å². The van der Waals surface area contributed by atoms with Crippen LogP contribution in [0.25, 0.3) is 16.7 Å². The molecule has 0 atom stereocenters. The van der Waals surface area contributed by atoms with E-state index in [1.165, 1.54) is 0 Å². The molecule has 0 aliphatic heterocycles. The first kappa shape index (κ1) is 22.6. The van der Waals surface area contributed by atoms with Gasteiger partial charge in [-0.3, -0.25) is 4.79 Å². The van der Waals surface area contributed by atoms with E-state index in [0.29, 0.717) is 35.0 Å². The number of rotatable bonds is 7. The van der Waals surface area contributed by atoms with Crippen molar-refractivity contribution in [3.63, 3.8) is 0 Å². The Morgan fingerprint density at radius 3 is 2.26 bits per heavy atom. The molecule has 7 heteroatoms. The van der Waals surface area contributed by atoms with Gasteiger partial charge in [0.2, 0.25) is 0 Å². The topological polar surface area (TPSA) is 71.8 Å². The maximum atomic E-state index is 13.3. The van der Waals surface area contributed by atoms with Crippen LogP contribution in [0.5, 0.6) is 0 Å². The maximum Gasteiger partial charge on any atom is 0.255 e. The predicted octanol–water partition coefficient (Wildman–Crippen LogP) is 5.92. The minimum Gasteiger partial charge on any atom is -0.380 e. The van der Waals surface area contributed by atoms with Crippen molar-refractivity contribution in [2.45, 2.75) is 20.0 Å². The lowest BCUT2D eigenvalue weighted by molar-refractivity contribution is 0.0951. The number of para-hydroxylation sites is 1. The molecule has 5 aromatic rings. The number of aryl methyl sites for hydroxylation is 1. The number of nitrogens with zero attached hydrogens (tertiary/aromatic N) is 3. The third-order valence-electron chi connectivity index (χ3n) is 5.80. The summed E-state index contributed by atoms with van der Waals surface area (Å²) in [7, 11) is 0. The zero-order chi connectivity index (χ0) is 24.2. The van der Waals surface area contributed by atoms with E-state index in [4.69, 9.17) is 16.7 Å². The second-order valence-electron chi connectivity index (χ2n) is 8.23. The van der Waals surface area contributed by atoms with Crippen LogP contribution in [0.1, 0.15) is 27.2 Å². The molecular formula is C28H24ClN5O. The number of benzene rings is 3. The number of halogens is 1. The number of fused-ring (bicyclic) bond motifs is 1. The fraction of sp³-hybridized carbons (Fsp3) is 0.107. The van der Waals surface area contributed by atoms with Crippen molar-refractivity contribution in [3.8, 4) is 5.69 Å². The number of aromatic nitrogens is 3. The smallest absolute Gasteiger partial charge is 0.255 e. The molecule has 2 heterocycles. The number of nitrogens with one attached hydrogen (secondary N) is 2. The Balaban J connectivity index is 1.54. The van der Waals surface area contributed by atoms with Gasteiger partial charge in [0, 0.05) is 24.3 Å². The lowest BCUT2D eigenvalue weighted by Crippen LogP contribution is -2.24. The van der Waals surface area contributed by atoms with Crippen molar-refractivity contribution in [2.24, 2.45) is 0 Å². The summed E-state index contributed by atoms with van der Waals surface area (Å²) >= 11 is 6.05. The van der Waals surface area contributed by atoms with Crippen LogP contribution in [0.15, 0.2) is 91.1 Å². The van der Waals surface area contributed by atoms with Crippen molar-refractivity contribution in [2.75, 3.05) is 5.32 Å². The van der Waals surface area contributed by atoms with Crippen LogP contribution in [-0.4, -0.2) is 20.7 Å². The molecule has 1 amide bonds. The van der Waals surface area contributed by atoms with Gasteiger partial charge in [-0.25, -0.2) is 9.67 Å². The largest absolute Gasteiger partial charge is 0.380 e. The number of hydrogen-bond donors (Lipinski definition) is 2. The highest BCUT2D eigenvalue weighted by atomic mass is 35.5. The highest BCUT2D eigenvalue weighted by Crippen LogP contribution is 2.31. The Kier molecular flexibility index (Phi) is 6.46. The summed E-state index contributed by atoms with van der Waals surface area (Å²) in [5.74, 6) is -0.200. The number of carbonyl (C=O) groups is 1. The van der Waals surface area contributed by atoms with Gasteiger partial charge in [-0.15, -0.1) is 0 Å². The molecule has 174 valence electrons. The molecule has 6 nitrogen and oxygen atoms in total. The standard InChI is InChI=1S/C28H24ClN5O/c1-19-25-26(30-16-21-12-14-22(29)15-13-21)24(28(35)32-17-20-8-4-2-5-9-20)18-31-27(25)34(33-19)23-10-6-3-7-11-23/h2-15,18H,16-17H2,1H3,(H,30,31)(H,32,35). The summed E-state index contributed by atoms with van der Waals surface area (Å²) < 4.78 is 1.81. The molecule has 0 aliphatic rings. The van der Waals surface area contributed by atoms with E-state index in [0.717, 1.165) is 27.9 Å². The van der Waals surface area contributed by atoms with Gasteiger partial charge in [-0.05, 0) is 42.3 Å². The molecule has 35 heavy (non-hydrogen) atoms. The summed E-state index contributed by atoms with van der Waals surface area (Å²) in [5, 5.41) is 12.7. The number of pyridine rings is 1. The van der Waals surface area contributed by atoms with Crippen molar-refractivity contribution < 1.29 is 4.79 Å². The van der Waals surface area contributed by atoms with E-state index in [9.17, 15) is 4.79 Å². The molecule has 3 aromatic carbocycles. The van der Waals surface area contributed by atoms with Crippen LogP contribution in [0, 0.1) is 6.92 Å². The predicted molar refractivity (Wildman–Crippen MR) is 140 cm³/mol. The molecule has 0 spiro atoms. The normalized spacial score (nSPS) is 10.9. The van der Waals surface area contributed by atoms with Gasteiger partial charge in [-0.1, -0.05) is 72.3 Å². The Morgan fingerprint density at radius 2 is 1.54 bits per heavy atom. The summed E-state index contributed by atoms with van der Waals surface area (Å²) in [6, 6.07) is 27.3. The van der Waals surface area contributed by atoms with Crippen LogP contribution in [-0.2, 0) is 13.1 Å². The van der Waals surface area contributed by atoms with Crippen molar-refractivity contribution in [3.05, 3.63) is 119 Å². The molecule has 0 saturated carbocycles. The van der Waals surface area contributed by atoms with Crippen LogP contribution >= 0.6 is 11.6 Å². The quantitative estimate of drug-likeness (QED) is 0.302. The number of hydrogen-bond acceptors (Lipinski definition) is 4. The Hall–Kier alpha value is -4.16. The summed E-state index contributed by atoms with van der Waals surface area (Å²) in [6.07, 6.45) is 1.62. The van der Waals surface area contributed by atoms with E-state index < -0.39 is 0 Å². The van der Waals surface area contributed by atoms with E-state index in [-0.39, 0.29) is 5.91 Å². The van der Waals surface area contributed by atoms with Crippen LogP contribution in [0.3, 0.4) is 0 Å². The van der Waals surface area contributed by atoms with Gasteiger partial charge in [-0.2, -0.15) is 5.10 Å². The van der Waals surface area contributed by atoms with Gasteiger partial charge < -0.3 is 10.6 Å². The molecule has 2 N–H and O–H groups in total. The number of carbonyl (C=O) groups excluding carboxylic acids is 1. The monoisotopic (exact) mass is 481 g/mol. The lowest BCUT2D eigenvalue weighted by atomic mass is 10.1. The molecule has 0 bridgehead atoms. The Bertz CT molecular complexity index is 1460. The highest BCUT2D eigenvalue weighted by Gasteiger charge is 2.21. The first-order valence-corrected chi connectivity index (χ1v) is 11.7. The van der Waals surface area contributed by atoms with Crippen molar-refractivity contribution >= 4 is 34.2 Å². The second-order valence-corrected chi connectivity index (χ2v) is 8.66. The van der Waals surface area contributed by atoms with Crippen LogP contribution < -0.4 is 10.6 Å². The Morgan fingerprint density at radius 1 is 0.886 bits per heavy atom. The molecular weight excluding hydrogens is 458 g/mol. The lowest BCUT2D eigenvalue weighted by Gasteiger charge is -2.14. The number of amides is 1. The van der Waals surface area contributed by atoms with Gasteiger partial charge in [0.1, 0.15) is 0 Å². The molecule has 0 saturated heterocycles. The summed E-state index contributed by atoms with van der Waals surface area (Å²) in [4.78, 5) is 18.0. The minimum atomic E-state index is -0.200. The maximum absolute atomic E-state index is 13.3. The number of anilines is 1. The first-order valence-electron chi connectivity index (χ1n) is 11.3. The van der Waals surface area contributed by atoms with Crippen LogP contribution in [0.2, 0.25) is 5.02 Å². The molecule has 5 rings (SSSR count). The molecule has 0 unspecified atom stereocenters. The zero-order valence-corrected chi connectivity index (χ0v) is 20.0. The van der Waals surface area contributed by atoms with Gasteiger partial charge in [0.05, 0.1) is 28.0 Å². The van der Waals surface area contributed by atoms with Crippen LogP contribution in [0.4, 0.5) is 5.69 Å². The Labute approximate surface area is 208 Å². The van der Waals surface area contributed by atoms with Gasteiger partial charge in [0.25, 0.3) is 5.91 Å². The second kappa shape index (κ2) is 9.99. The average Bonchev–Trinajstić information content (AvgIpc) is 3.24. The minimum absolute atomic E-state index is 0.200. The average molecular weight is 482 g/mol. The molecule has 0 radical (unpaired) electrons. The van der Waals surface area contributed by atoms with Crippen molar-refractivity contribution in [1.29, 1.82) is 0 Å². The summed E-state index contributed by atoms with van der Waals surface area (Å²) in [5.41, 5.74) is 5.62. The van der Waals surface area contributed by atoms with Gasteiger partial charge in [0.15, 0.2) is 5.65 Å². The summed E-state index contributed by atoms with van der Waals surface area (Å²) in [6.45, 7) is 2.88. The molecule has 2 aromatic heterocycles. The molecule has 0 fully saturated rings. The van der Waals surface area contributed by atoms with E-state index in [1.54, 1.807) is 6.20 Å². The first-order chi connectivity index (χ1) is 17.1. The highest BCUT2D eigenvalue weighted by molar-refractivity contribution is 6.30. The van der Waals surface area contributed by atoms with Crippen molar-refractivity contribution in [1.82, 2.24) is 20.1 Å². The zero-order valence-electron chi connectivity index (χ0n) is 19.2.